The van der Waals surface area contributed by atoms with E-state index >= 15 is 4.79 Å². The van der Waals surface area contributed by atoms with E-state index in [0.29, 0.717) is 22.3 Å². The van der Waals surface area contributed by atoms with E-state index in [9.17, 15) is 0 Å². The number of furan rings is 2. The summed E-state index contributed by atoms with van der Waals surface area (Å²) in [4.78, 5) is 20.8. The highest BCUT2D eigenvalue weighted by Crippen LogP contribution is 2.60. The Morgan fingerprint density at radius 2 is 0.792 bits per heavy atom. The van der Waals surface area contributed by atoms with Crippen molar-refractivity contribution in [2.45, 2.75) is 38.5 Å². The second-order valence-electron chi connectivity index (χ2n) is 20.7. The van der Waals surface area contributed by atoms with Gasteiger partial charge in [0.1, 0.15) is 16.7 Å². The first-order chi connectivity index (χ1) is 35.2. The number of hydrogen-bond donors (Lipinski definition) is 0. The minimum Gasteiger partial charge on any atom is -0.455 e. The predicted molar refractivity (Wildman–Crippen MR) is 294 cm³/mol. The Kier molecular flexibility index (Phi) is 8.28. The molecule has 0 atom stereocenters. The summed E-state index contributed by atoms with van der Waals surface area (Å²) in [6.45, 7) is 9.30. The van der Waals surface area contributed by atoms with Gasteiger partial charge in [0.25, 0.3) is 0 Å². The van der Waals surface area contributed by atoms with Gasteiger partial charge in [0.15, 0.2) is 11.4 Å². The van der Waals surface area contributed by atoms with Gasteiger partial charge in [0.2, 0.25) is 0 Å². The van der Waals surface area contributed by atoms with Crippen molar-refractivity contribution in [1.29, 1.82) is 0 Å². The van der Waals surface area contributed by atoms with E-state index in [4.69, 9.17) is 8.83 Å². The number of hydrogen-bond acceptors (Lipinski definition) is 5. The van der Waals surface area contributed by atoms with Crippen LogP contribution in [0.5, 0.6) is 0 Å². The quantitative estimate of drug-likeness (QED) is 0.166. The van der Waals surface area contributed by atoms with Gasteiger partial charge in [-0.1, -0.05) is 173 Å². The Balaban J connectivity index is 1.04. The zero-order valence-electron chi connectivity index (χ0n) is 40.2. The van der Waals surface area contributed by atoms with Crippen molar-refractivity contribution >= 4 is 83.8 Å². The molecule has 5 nitrogen and oxygen atoms in total. The number of carbonyl (C=O) groups is 1. The monoisotopic (exact) mass is 926 g/mol. The van der Waals surface area contributed by atoms with Gasteiger partial charge in [-0.05, 0) is 105 Å². The van der Waals surface area contributed by atoms with Gasteiger partial charge < -0.3 is 18.6 Å². The van der Waals surface area contributed by atoms with Crippen molar-refractivity contribution in [1.82, 2.24) is 0 Å². The maximum atomic E-state index is 16.1. The lowest BCUT2D eigenvalue weighted by molar-refractivity contribution is 0.104. The predicted octanol–water partition coefficient (Wildman–Crippen LogP) is 18.2. The smallest absolute Gasteiger partial charge is 0.194 e. The summed E-state index contributed by atoms with van der Waals surface area (Å²) in [5.74, 6) is -0.0601. The van der Waals surface area contributed by atoms with E-state index in [-0.39, 0.29) is 16.6 Å². The lowest BCUT2D eigenvalue weighted by atomic mass is 9.81. The summed E-state index contributed by atoms with van der Waals surface area (Å²) in [7, 11) is 0. The van der Waals surface area contributed by atoms with E-state index in [1.54, 1.807) is 0 Å². The summed E-state index contributed by atoms with van der Waals surface area (Å²) in [5.41, 5.74) is 20.7. The van der Waals surface area contributed by atoms with E-state index in [2.05, 4.69) is 219 Å². The highest BCUT2D eigenvalue weighted by atomic mass is 16.3. The Morgan fingerprint density at radius 3 is 1.36 bits per heavy atom. The van der Waals surface area contributed by atoms with Crippen LogP contribution in [-0.4, -0.2) is 5.78 Å². The number of anilines is 6. The largest absolute Gasteiger partial charge is 0.455 e. The third-order valence-corrected chi connectivity index (χ3v) is 16.1. The summed E-state index contributed by atoms with van der Waals surface area (Å²) in [6, 6.07) is 72.7. The lowest BCUT2D eigenvalue weighted by Gasteiger charge is -2.32. The van der Waals surface area contributed by atoms with Gasteiger partial charge in [-0.15, -0.1) is 0 Å². The zero-order valence-corrected chi connectivity index (χ0v) is 40.2. The van der Waals surface area contributed by atoms with Gasteiger partial charge in [-0.25, -0.2) is 0 Å². The van der Waals surface area contributed by atoms with Crippen molar-refractivity contribution < 1.29 is 13.6 Å². The molecule has 5 heteroatoms. The Bertz CT molecular complexity index is 4310. The van der Waals surface area contributed by atoms with Gasteiger partial charge in [0, 0.05) is 60.6 Å². The van der Waals surface area contributed by atoms with E-state index < -0.39 is 0 Å². The number of carbonyl (C=O) groups excluding carboxylic acids is 1. The fraction of sp³-hybridized carbons (Fsp3) is 0.0896. The molecule has 342 valence electrons. The van der Waals surface area contributed by atoms with E-state index in [1.165, 1.54) is 44.5 Å². The molecule has 0 N–H and O–H groups in total. The summed E-state index contributed by atoms with van der Waals surface area (Å²) in [6.07, 6.45) is 0. The molecule has 12 aromatic rings. The van der Waals surface area contributed by atoms with Crippen molar-refractivity contribution in [2.75, 3.05) is 9.80 Å². The number of rotatable bonds is 6. The van der Waals surface area contributed by atoms with Crippen molar-refractivity contribution in [3.63, 3.8) is 0 Å². The third kappa shape index (κ3) is 5.34. The molecule has 10 aromatic carbocycles. The molecule has 2 aromatic heterocycles. The molecule has 0 unspecified atom stereocenters. The second kappa shape index (κ2) is 14.6. The van der Waals surface area contributed by atoms with E-state index in [0.717, 1.165) is 78.0 Å². The van der Waals surface area contributed by atoms with E-state index in [1.807, 2.05) is 24.3 Å². The maximum Gasteiger partial charge on any atom is 0.194 e. The second-order valence-corrected chi connectivity index (χ2v) is 20.7. The molecule has 3 aliphatic rings. The molecule has 0 radical (unpaired) electrons. The third-order valence-electron chi connectivity index (χ3n) is 16.1. The Hall–Kier alpha value is -8.93. The number of ketones is 1. The molecule has 0 saturated carbocycles. The van der Waals surface area contributed by atoms with Crippen LogP contribution in [0.25, 0.3) is 77.3 Å². The first-order valence-electron chi connectivity index (χ1n) is 24.9. The molecular formula is C67H46N2O3. The minimum absolute atomic E-state index is 0.0601. The van der Waals surface area contributed by atoms with Gasteiger partial charge in [0.05, 0.1) is 28.1 Å². The summed E-state index contributed by atoms with van der Waals surface area (Å²) in [5, 5.41) is 3.74. The molecule has 3 aliphatic carbocycles. The molecule has 0 spiro atoms. The summed E-state index contributed by atoms with van der Waals surface area (Å²) >= 11 is 0. The number of nitrogens with zero attached hydrogens (tertiary/aromatic N) is 2. The molecule has 2 heterocycles. The van der Waals surface area contributed by atoms with Crippen LogP contribution in [-0.2, 0) is 10.8 Å². The number of fused-ring (bicyclic) bond motifs is 17. The van der Waals surface area contributed by atoms with Crippen LogP contribution in [0.4, 0.5) is 34.1 Å². The van der Waals surface area contributed by atoms with Crippen LogP contribution in [0, 0.1) is 0 Å². The first-order valence-corrected chi connectivity index (χ1v) is 24.9. The van der Waals surface area contributed by atoms with Crippen LogP contribution >= 0.6 is 0 Å². The number of benzene rings is 10. The minimum atomic E-state index is -0.323. The van der Waals surface area contributed by atoms with Crippen molar-refractivity contribution in [3.05, 3.63) is 240 Å². The highest BCUT2D eigenvalue weighted by Gasteiger charge is 2.43. The molecule has 72 heavy (non-hydrogen) atoms. The topological polar surface area (TPSA) is 49.8 Å². The van der Waals surface area contributed by atoms with Crippen LogP contribution in [0.3, 0.4) is 0 Å². The SMILES string of the molecule is CC1(C)c2ccccc2-c2cccc(N(c3ccccc3)c3cc4c(c5c3oc3ccccc35)-c3c(cc(N(c5ccccc5)c5cccc6c5C(C)(C)c5ccccc5-6)c5c3oc3ccccc35)C4=O)c21. The highest BCUT2D eigenvalue weighted by molar-refractivity contribution is 6.35. The standard InChI is InChI=1S/C67H46N2O3/c1-66(2)49-31-15-11-25-41(49)43-29-19-33-51(61(43)66)68(39-21-7-5-8-22-39)53-37-48-60(65-57(53)45-27-13-17-35-55(45)72-65)58-47(63(48)70)38-54(64-59(58)46-28-14-18-36-56(46)71-64)69(40-23-9-6-10-24-40)52-34-20-30-44-42-26-12-16-32-50(42)67(3,4)62(44)52/h5-38H,1-4H3. The molecule has 0 fully saturated rings. The molecule has 15 rings (SSSR count). The average Bonchev–Trinajstić information content (AvgIpc) is 4.18. The van der Waals surface area contributed by atoms with Gasteiger partial charge in [-0.2, -0.15) is 0 Å². The molecule has 0 bridgehead atoms. The number of para-hydroxylation sites is 4. The normalized spacial score (nSPS) is 14.4. The van der Waals surface area contributed by atoms with Crippen LogP contribution in [0.15, 0.2) is 215 Å². The Labute approximate surface area is 416 Å². The Morgan fingerprint density at radius 1 is 0.361 bits per heavy atom. The fourth-order valence-electron chi connectivity index (χ4n) is 13.1. The first kappa shape index (κ1) is 40.9. The average molecular weight is 927 g/mol. The molecule has 0 amide bonds. The molecule has 0 aliphatic heterocycles. The van der Waals surface area contributed by atoms with Gasteiger partial charge in [-0.3, -0.25) is 4.79 Å². The van der Waals surface area contributed by atoms with Crippen LogP contribution in [0.2, 0.25) is 0 Å². The van der Waals surface area contributed by atoms with Crippen LogP contribution < -0.4 is 9.80 Å². The summed E-state index contributed by atoms with van der Waals surface area (Å²) < 4.78 is 14.3. The van der Waals surface area contributed by atoms with Crippen molar-refractivity contribution in [2.24, 2.45) is 0 Å². The van der Waals surface area contributed by atoms with Crippen LogP contribution in [0.1, 0.15) is 65.9 Å². The van der Waals surface area contributed by atoms with Crippen molar-refractivity contribution in [3.8, 4) is 33.4 Å². The zero-order chi connectivity index (χ0) is 48.2. The molecule has 0 saturated heterocycles. The van der Waals surface area contributed by atoms with Gasteiger partial charge >= 0.3 is 0 Å². The molecular weight excluding hydrogens is 881 g/mol. The fourth-order valence-corrected chi connectivity index (χ4v) is 13.1. The lowest BCUT2D eigenvalue weighted by Crippen LogP contribution is -2.21. The maximum absolute atomic E-state index is 16.1.